The lowest BCUT2D eigenvalue weighted by Gasteiger charge is -2.17. The van der Waals surface area contributed by atoms with Crippen LogP contribution in [-0.4, -0.2) is 23.9 Å². The van der Waals surface area contributed by atoms with Crippen molar-refractivity contribution in [2.45, 2.75) is 12.5 Å². The standard InChI is InChI=1S/C14H18ClN3O/c1-16-13(14-12(15)9-17-18(14)2)8-10-5-4-6-11(7-10)19-3/h4-7,9,13,16H,8H2,1-3H3. The first-order valence-corrected chi connectivity index (χ1v) is 6.51. The summed E-state index contributed by atoms with van der Waals surface area (Å²) in [5, 5.41) is 8.15. The molecule has 0 aliphatic carbocycles. The number of ether oxygens (including phenoxy) is 1. The fourth-order valence-corrected chi connectivity index (χ4v) is 2.48. The lowest BCUT2D eigenvalue weighted by molar-refractivity contribution is 0.414. The van der Waals surface area contributed by atoms with Gasteiger partial charge in [0, 0.05) is 7.05 Å². The summed E-state index contributed by atoms with van der Waals surface area (Å²) in [5.41, 5.74) is 2.18. The molecule has 0 aliphatic heterocycles. The number of benzene rings is 1. The second-order valence-corrected chi connectivity index (χ2v) is 4.81. The van der Waals surface area contributed by atoms with Gasteiger partial charge >= 0.3 is 0 Å². The number of rotatable bonds is 5. The molecule has 0 fully saturated rings. The first-order valence-electron chi connectivity index (χ1n) is 6.13. The van der Waals surface area contributed by atoms with Gasteiger partial charge in [-0.05, 0) is 31.2 Å². The largest absolute Gasteiger partial charge is 0.497 e. The monoisotopic (exact) mass is 279 g/mol. The summed E-state index contributed by atoms with van der Waals surface area (Å²) in [4.78, 5) is 0. The van der Waals surface area contributed by atoms with Gasteiger partial charge in [-0.25, -0.2) is 0 Å². The molecular formula is C14H18ClN3O. The second kappa shape index (κ2) is 6.08. The molecule has 1 aromatic carbocycles. The van der Waals surface area contributed by atoms with E-state index in [1.54, 1.807) is 13.3 Å². The molecule has 0 radical (unpaired) electrons. The Bertz CT molecular complexity index is 534. The second-order valence-electron chi connectivity index (χ2n) is 4.40. The fourth-order valence-electron chi connectivity index (χ4n) is 2.18. The normalized spacial score (nSPS) is 12.4. The van der Waals surface area contributed by atoms with Crippen LogP contribution < -0.4 is 10.1 Å². The van der Waals surface area contributed by atoms with Crippen LogP contribution in [0.5, 0.6) is 5.75 Å². The van der Waals surface area contributed by atoms with Crippen molar-refractivity contribution >= 4 is 11.6 Å². The van der Waals surface area contributed by atoms with Crippen LogP contribution in [0.4, 0.5) is 0 Å². The topological polar surface area (TPSA) is 39.1 Å². The average molecular weight is 280 g/mol. The van der Waals surface area contributed by atoms with E-state index in [9.17, 15) is 0 Å². The van der Waals surface area contributed by atoms with Crippen LogP contribution in [0.1, 0.15) is 17.3 Å². The van der Waals surface area contributed by atoms with Gasteiger partial charge in [-0.2, -0.15) is 5.10 Å². The first-order chi connectivity index (χ1) is 9.15. The molecule has 0 saturated carbocycles. The molecule has 0 aliphatic rings. The van der Waals surface area contributed by atoms with Gasteiger partial charge in [-0.1, -0.05) is 23.7 Å². The van der Waals surface area contributed by atoms with Gasteiger partial charge in [-0.15, -0.1) is 0 Å². The van der Waals surface area contributed by atoms with Gasteiger partial charge in [0.2, 0.25) is 0 Å². The van der Waals surface area contributed by atoms with Gasteiger partial charge in [0.15, 0.2) is 0 Å². The predicted molar refractivity (Wildman–Crippen MR) is 76.7 cm³/mol. The molecule has 1 N–H and O–H groups in total. The molecule has 0 amide bonds. The summed E-state index contributed by atoms with van der Waals surface area (Å²) in [7, 11) is 5.50. The van der Waals surface area contributed by atoms with Crippen molar-refractivity contribution in [2.75, 3.05) is 14.2 Å². The van der Waals surface area contributed by atoms with Gasteiger partial charge in [-0.3, -0.25) is 4.68 Å². The minimum atomic E-state index is 0.118. The Labute approximate surface area is 118 Å². The lowest BCUT2D eigenvalue weighted by atomic mass is 10.0. The Balaban J connectivity index is 2.24. The Morgan fingerprint density at radius 1 is 1.47 bits per heavy atom. The molecule has 19 heavy (non-hydrogen) atoms. The summed E-state index contributed by atoms with van der Waals surface area (Å²) in [5.74, 6) is 0.864. The molecular weight excluding hydrogens is 262 g/mol. The summed E-state index contributed by atoms with van der Waals surface area (Å²) in [6, 6.07) is 8.17. The molecule has 1 aromatic heterocycles. The van der Waals surface area contributed by atoms with E-state index in [-0.39, 0.29) is 6.04 Å². The van der Waals surface area contributed by atoms with E-state index in [1.807, 2.05) is 37.0 Å². The number of likely N-dealkylation sites (N-methyl/N-ethyl adjacent to an activating group) is 1. The highest BCUT2D eigenvalue weighted by Crippen LogP contribution is 2.25. The van der Waals surface area contributed by atoms with Crippen molar-refractivity contribution in [1.82, 2.24) is 15.1 Å². The molecule has 2 rings (SSSR count). The molecule has 1 atom stereocenters. The first kappa shape index (κ1) is 13.9. The lowest BCUT2D eigenvalue weighted by Crippen LogP contribution is -2.22. The van der Waals surface area contributed by atoms with E-state index in [4.69, 9.17) is 16.3 Å². The zero-order valence-corrected chi connectivity index (χ0v) is 12.1. The van der Waals surface area contributed by atoms with E-state index in [2.05, 4.69) is 16.5 Å². The van der Waals surface area contributed by atoms with Crippen molar-refractivity contribution in [1.29, 1.82) is 0 Å². The SMILES string of the molecule is CNC(Cc1cccc(OC)c1)c1c(Cl)cnn1C. The zero-order valence-electron chi connectivity index (χ0n) is 11.4. The minimum Gasteiger partial charge on any atom is -0.497 e. The maximum atomic E-state index is 6.20. The maximum Gasteiger partial charge on any atom is 0.119 e. The van der Waals surface area contributed by atoms with Crippen LogP contribution in [-0.2, 0) is 13.5 Å². The Kier molecular flexibility index (Phi) is 4.45. The quantitative estimate of drug-likeness (QED) is 0.914. The third-order valence-corrected chi connectivity index (χ3v) is 3.48. The van der Waals surface area contributed by atoms with Crippen molar-refractivity contribution in [3.05, 3.63) is 46.7 Å². The third kappa shape index (κ3) is 3.08. The van der Waals surface area contributed by atoms with Gasteiger partial charge in [0.05, 0.1) is 30.1 Å². The highest BCUT2D eigenvalue weighted by Gasteiger charge is 2.18. The summed E-state index contributed by atoms with van der Waals surface area (Å²) >= 11 is 6.20. The molecule has 0 bridgehead atoms. The van der Waals surface area contributed by atoms with E-state index < -0.39 is 0 Å². The van der Waals surface area contributed by atoms with Crippen LogP contribution >= 0.6 is 11.6 Å². The number of methoxy groups -OCH3 is 1. The Morgan fingerprint density at radius 3 is 2.84 bits per heavy atom. The Hall–Kier alpha value is -1.52. The molecule has 4 nitrogen and oxygen atoms in total. The summed E-state index contributed by atoms with van der Waals surface area (Å²) in [6.45, 7) is 0. The van der Waals surface area contributed by atoms with Crippen molar-refractivity contribution in [3.63, 3.8) is 0 Å². The fraction of sp³-hybridized carbons (Fsp3) is 0.357. The Morgan fingerprint density at radius 2 is 2.26 bits per heavy atom. The van der Waals surface area contributed by atoms with Crippen molar-refractivity contribution in [2.24, 2.45) is 7.05 Å². The third-order valence-electron chi connectivity index (χ3n) is 3.19. The van der Waals surface area contributed by atoms with E-state index >= 15 is 0 Å². The molecule has 5 heteroatoms. The highest BCUT2D eigenvalue weighted by molar-refractivity contribution is 6.31. The van der Waals surface area contributed by atoms with Crippen LogP contribution in [0, 0.1) is 0 Å². The molecule has 0 saturated heterocycles. The van der Waals surface area contributed by atoms with Gasteiger partial charge in [0.1, 0.15) is 5.75 Å². The predicted octanol–water partition coefficient (Wildman–Crippen LogP) is 2.59. The number of hydrogen-bond acceptors (Lipinski definition) is 3. The highest BCUT2D eigenvalue weighted by atomic mass is 35.5. The van der Waals surface area contributed by atoms with Crippen molar-refractivity contribution < 1.29 is 4.74 Å². The average Bonchev–Trinajstić information content (AvgIpc) is 2.76. The maximum absolute atomic E-state index is 6.20. The van der Waals surface area contributed by atoms with Crippen molar-refractivity contribution in [3.8, 4) is 5.75 Å². The van der Waals surface area contributed by atoms with Crippen LogP contribution in [0.25, 0.3) is 0 Å². The van der Waals surface area contributed by atoms with Crippen LogP contribution in [0.3, 0.4) is 0 Å². The van der Waals surface area contributed by atoms with Gasteiger partial charge < -0.3 is 10.1 Å². The zero-order chi connectivity index (χ0) is 13.8. The van der Waals surface area contributed by atoms with Crippen LogP contribution in [0.2, 0.25) is 5.02 Å². The van der Waals surface area contributed by atoms with Crippen LogP contribution in [0.15, 0.2) is 30.5 Å². The molecule has 102 valence electrons. The van der Waals surface area contributed by atoms with E-state index in [1.165, 1.54) is 5.56 Å². The molecule has 2 aromatic rings. The van der Waals surface area contributed by atoms with E-state index in [0.29, 0.717) is 5.02 Å². The van der Waals surface area contributed by atoms with E-state index in [0.717, 1.165) is 17.9 Å². The summed E-state index contributed by atoms with van der Waals surface area (Å²) in [6.07, 6.45) is 2.50. The summed E-state index contributed by atoms with van der Waals surface area (Å²) < 4.78 is 7.05. The molecule has 1 unspecified atom stereocenters. The number of nitrogens with zero attached hydrogens (tertiary/aromatic N) is 2. The minimum absolute atomic E-state index is 0.118. The smallest absolute Gasteiger partial charge is 0.119 e. The van der Waals surface area contributed by atoms with Gasteiger partial charge in [0.25, 0.3) is 0 Å². The number of hydrogen-bond donors (Lipinski definition) is 1. The number of aromatic nitrogens is 2. The number of nitrogens with one attached hydrogen (secondary N) is 1. The molecule has 1 heterocycles. The molecule has 0 spiro atoms. The number of aryl methyl sites for hydroxylation is 1. The number of halogens is 1.